The maximum atomic E-state index is 13.7. The minimum absolute atomic E-state index is 0.219. The fourth-order valence-electron chi connectivity index (χ4n) is 6.03. The smallest absolute Gasteiger partial charge is 0.255 e. The third kappa shape index (κ3) is 6.66. The molecule has 3 heterocycles. The molecule has 1 amide bonds. The molecule has 13 heteroatoms. The van der Waals surface area contributed by atoms with Gasteiger partial charge in [-0.15, -0.1) is 5.10 Å². The predicted octanol–water partition coefficient (Wildman–Crippen LogP) is 5.17. The highest BCUT2D eigenvalue weighted by atomic mass is 32.2. The van der Waals surface area contributed by atoms with E-state index in [1.54, 1.807) is 22.9 Å². The largest absolute Gasteiger partial charge is 0.492 e. The van der Waals surface area contributed by atoms with Crippen LogP contribution in [0.15, 0.2) is 42.7 Å². The van der Waals surface area contributed by atoms with E-state index >= 15 is 0 Å². The second kappa shape index (κ2) is 12.2. The Morgan fingerprint density at radius 3 is 2.43 bits per heavy atom. The van der Waals surface area contributed by atoms with Crippen molar-refractivity contribution in [3.63, 3.8) is 0 Å². The number of aromatic nitrogens is 5. The molecule has 2 aliphatic rings. The van der Waals surface area contributed by atoms with Crippen molar-refractivity contribution in [2.45, 2.75) is 70.8 Å². The fraction of sp³-hybridized carbons (Fsp3) is 0.455. The normalized spacial score (nSPS) is 16.0. The van der Waals surface area contributed by atoms with Crippen LogP contribution in [0.25, 0.3) is 16.9 Å². The molecule has 12 nitrogen and oxygen atoms in total. The van der Waals surface area contributed by atoms with Crippen molar-refractivity contribution in [3.05, 3.63) is 65.1 Å². The van der Waals surface area contributed by atoms with Gasteiger partial charge in [0.1, 0.15) is 5.69 Å². The van der Waals surface area contributed by atoms with E-state index in [9.17, 15) is 13.2 Å². The van der Waals surface area contributed by atoms with E-state index in [-0.39, 0.29) is 22.8 Å². The van der Waals surface area contributed by atoms with Crippen LogP contribution in [0.2, 0.25) is 0 Å². The number of methoxy groups -OCH3 is 1. The van der Waals surface area contributed by atoms with Crippen molar-refractivity contribution >= 4 is 27.3 Å². The Kier molecular flexibility index (Phi) is 8.40. The number of benzene rings is 2. The van der Waals surface area contributed by atoms with Gasteiger partial charge in [-0.25, -0.2) is 13.1 Å². The Balaban J connectivity index is 1.32. The van der Waals surface area contributed by atoms with Crippen LogP contribution in [0.4, 0.5) is 11.4 Å². The summed E-state index contributed by atoms with van der Waals surface area (Å²) in [6, 6.07) is 9.40. The second-order valence-electron chi connectivity index (χ2n) is 13.4. The summed E-state index contributed by atoms with van der Waals surface area (Å²) in [5.41, 5.74) is 6.16. The molecule has 1 saturated carbocycles. The van der Waals surface area contributed by atoms with Crippen LogP contribution in [-0.2, 0) is 15.4 Å². The van der Waals surface area contributed by atoms with Crippen LogP contribution in [0.1, 0.15) is 85.6 Å². The van der Waals surface area contributed by atoms with Gasteiger partial charge in [-0.3, -0.25) is 14.2 Å². The Hall–Kier alpha value is -4.23. The van der Waals surface area contributed by atoms with Crippen LogP contribution in [0.5, 0.6) is 5.75 Å². The lowest BCUT2D eigenvalue weighted by Gasteiger charge is -2.24. The molecule has 244 valence electrons. The van der Waals surface area contributed by atoms with Gasteiger partial charge in [-0.2, -0.15) is 5.10 Å². The molecule has 6 rings (SSSR count). The number of hydrogen-bond donors (Lipinski definition) is 3. The first-order chi connectivity index (χ1) is 21.8. The number of anilines is 2. The minimum atomic E-state index is -3.60. The Morgan fingerprint density at radius 2 is 1.78 bits per heavy atom. The van der Waals surface area contributed by atoms with Crippen LogP contribution in [0, 0.1) is 6.92 Å². The molecule has 46 heavy (non-hydrogen) atoms. The molecule has 0 spiro atoms. The standard InChI is InChI=1S/C33H42N8O4S/c1-20-7-8-22(32(42)36-26-16-23(33(2,3)4)17-27(31(26)45-5)38-46(6,43)44)15-29(20)40-19-28(37-39-40)25-18-35-41(24-9-10-24)30(25)21-11-13-34-14-12-21/h7-8,15-19,21,24,34,38H,9-14H2,1-6H3,(H,36,42). The van der Waals surface area contributed by atoms with Gasteiger partial charge in [0.25, 0.3) is 5.91 Å². The third-order valence-corrected chi connectivity index (χ3v) is 9.23. The van der Waals surface area contributed by atoms with Gasteiger partial charge in [-0.05, 0) is 86.5 Å². The van der Waals surface area contributed by atoms with Crippen molar-refractivity contribution in [1.82, 2.24) is 30.1 Å². The zero-order chi connectivity index (χ0) is 32.8. The lowest BCUT2D eigenvalue weighted by atomic mass is 9.86. The molecule has 4 aromatic rings. The summed E-state index contributed by atoms with van der Waals surface area (Å²) in [6.07, 6.45) is 9.33. The second-order valence-corrected chi connectivity index (χ2v) is 15.1. The summed E-state index contributed by atoms with van der Waals surface area (Å²) in [5.74, 6) is 0.256. The first-order valence-electron chi connectivity index (χ1n) is 15.7. The van der Waals surface area contributed by atoms with E-state index in [4.69, 9.17) is 9.84 Å². The molecule has 0 radical (unpaired) electrons. The number of rotatable bonds is 9. The summed E-state index contributed by atoms with van der Waals surface area (Å²) in [6.45, 7) is 9.97. The van der Waals surface area contributed by atoms with Crippen LogP contribution >= 0.6 is 0 Å². The van der Waals surface area contributed by atoms with Crippen molar-refractivity contribution in [2.75, 3.05) is 36.5 Å². The lowest BCUT2D eigenvalue weighted by molar-refractivity contribution is 0.102. The summed E-state index contributed by atoms with van der Waals surface area (Å²) >= 11 is 0. The van der Waals surface area contributed by atoms with Gasteiger partial charge >= 0.3 is 0 Å². The van der Waals surface area contributed by atoms with E-state index in [1.807, 2.05) is 52.2 Å². The number of ether oxygens (including phenoxy) is 1. The van der Waals surface area contributed by atoms with Crippen LogP contribution < -0.4 is 20.1 Å². The van der Waals surface area contributed by atoms with Crippen LogP contribution in [-0.4, -0.2) is 65.6 Å². The first kappa shape index (κ1) is 31.7. The number of carbonyl (C=O) groups excluding carboxylic acids is 1. The molecular formula is C33H42N8O4S. The Morgan fingerprint density at radius 1 is 1.07 bits per heavy atom. The molecule has 1 saturated heterocycles. The lowest BCUT2D eigenvalue weighted by Crippen LogP contribution is -2.28. The summed E-state index contributed by atoms with van der Waals surface area (Å²) in [4.78, 5) is 13.7. The quantitative estimate of drug-likeness (QED) is 0.226. The highest BCUT2D eigenvalue weighted by Crippen LogP contribution is 2.42. The maximum Gasteiger partial charge on any atom is 0.255 e. The number of carbonyl (C=O) groups is 1. The van der Waals surface area contributed by atoms with Gasteiger partial charge in [0.05, 0.1) is 54.6 Å². The predicted molar refractivity (Wildman–Crippen MR) is 179 cm³/mol. The van der Waals surface area contributed by atoms with E-state index in [0.29, 0.717) is 23.2 Å². The Bertz CT molecular complexity index is 1880. The van der Waals surface area contributed by atoms with E-state index in [0.717, 1.165) is 73.1 Å². The number of amides is 1. The number of aryl methyl sites for hydroxylation is 1. The average Bonchev–Trinajstić information content (AvgIpc) is 3.55. The number of piperidine rings is 1. The molecule has 0 bridgehead atoms. The molecule has 0 unspecified atom stereocenters. The van der Waals surface area contributed by atoms with E-state index in [1.165, 1.54) is 12.8 Å². The summed E-state index contributed by atoms with van der Waals surface area (Å²) in [7, 11) is -2.17. The number of nitrogens with one attached hydrogen (secondary N) is 3. The zero-order valence-electron chi connectivity index (χ0n) is 27.2. The highest BCUT2D eigenvalue weighted by molar-refractivity contribution is 7.92. The molecule has 0 atom stereocenters. The molecular weight excluding hydrogens is 604 g/mol. The number of hydrogen-bond acceptors (Lipinski definition) is 8. The monoisotopic (exact) mass is 646 g/mol. The van der Waals surface area contributed by atoms with Crippen molar-refractivity contribution in [3.8, 4) is 22.7 Å². The van der Waals surface area contributed by atoms with Crippen molar-refractivity contribution in [2.24, 2.45) is 0 Å². The van der Waals surface area contributed by atoms with Gasteiger partial charge in [0.15, 0.2) is 5.75 Å². The molecule has 2 aromatic carbocycles. The van der Waals surface area contributed by atoms with E-state index < -0.39 is 10.0 Å². The molecule has 2 fully saturated rings. The first-order valence-corrected chi connectivity index (χ1v) is 17.5. The number of nitrogens with zero attached hydrogens (tertiary/aromatic N) is 5. The maximum absolute atomic E-state index is 13.7. The molecule has 1 aliphatic carbocycles. The van der Waals surface area contributed by atoms with Crippen molar-refractivity contribution in [1.29, 1.82) is 0 Å². The Labute approximate surface area is 270 Å². The molecule has 3 N–H and O–H groups in total. The highest BCUT2D eigenvalue weighted by Gasteiger charge is 2.33. The van der Waals surface area contributed by atoms with E-state index in [2.05, 4.69) is 30.3 Å². The van der Waals surface area contributed by atoms with Gasteiger partial charge in [0.2, 0.25) is 10.0 Å². The van der Waals surface area contributed by atoms with Gasteiger partial charge in [-0.1, -0.05) is 32.1 Å². The van der Waals surface area contributed by atoms with Gasteiger partial charge in [0, 0.05) is 17.0 Å². The third-order valence-electron chi connectivity index (χ3n) is 8.64. The summed E-state index contributed by atoms with van der Waals surface area (Å²) < 4.78 is 36.3. The fourth-order valence-corrected chi connectivity index (χ4v) is 6.58. The zero-order valence-corrected chi connectivity index (χ0v) is 28.0. The minimum Gasteiger partial charge on any atom is -0.492 e. The van der Waals surface area contributed by atoms with Gasteiger partial charge < -0.3 is 15.4 Å². The van der Waals surface area contributed by atoms with Crippen LogP contribution in [0.3, 0.4) is 0 Å². The van der Waals surface area contributed by atoms with Crippen molar-refractivity contribution < 1.29 is 17.9 Å². The average molecular weight is 647 g/mol. The SMILES string of the molecule is COc1c(NC(=O)c2ccc(C)c(-n3cc(-c4cnn(C5CC5)c4C4CCNCC4)nn3)c2)cc(C(C)(C)C)cc1NS(C)(=O)=O. The summed E-state index contributed by atoms with van der Waals surface area (Å²) in [5, 5.41) is 20.2. The number of sulfonamides is 1. The topological polar surface area (TPSA) is 145 Å². The molecule has 2 aromatic heterocycles. The molecule has 1 aliphatic heterocycles.